The first-order chi connectivity index (χ1) is 9.81. The summed E-state index contributed by atoms with van der Waals surface area (Å²) in [5, 5.41) is 7.35. The van der Waals surface area contributed by atoms with Crippen molar-refractivity contribution in [2.24, 2.45) is 0 Å². The number of aromatic amines is 1. The minimum atomic E-state index is -0.118. The standard InChI is InChI=1S/C15H19N3OS/c1-2-3-11-18-14(19)16-17-15(18)20-12-7-10-13-8-5-4-6-9-13/h4-10H,2-3,11-12H2,1H3,(H,16,19)/b10-7+. The van der Waals surface area contributed by atoms with E-state index in [2.05, 4.69) is 41.4 Å². The zero-order chi connectivity index (χ0) is 14.2. The number of aromatic nitrogens is 3. The Labute approximate surface area is 122 Å². The monoisotopic (exact) mass is 289 g/mol. The summed E-state index contributed by atoms with van der Waals surface area (Å²) in [4.78, 5) is 11.6. The molecule has 0 unspecified atom stereocenters. The van der Waals surface area contributed by atoms with E-state index in [-0.39, 0.29) is 5.69 Å². The van der Waals surface area contributed by atoms with E-state index in [0.717, 1.165) is 30.3 Å². The van der Waals surface area contributed by atoms with Crippen LogP contribution in [-0.2, 0) is 6.54 Å². The second kappa shape index (κ2) is 7.75. The second-order valence-electron chi connectivity index (χ2n) is 4.44. The zero-order valence-electron chi connectivity index (χ0n) is 11.6. The van der Waals surface area contributed by atoms with Crippen molar-refractivity contribution in [3.05, 3.63) is 52.5 Å². The molecule has 0 saturated heterocycles. The predicted molar refractivity (Wildman–Crippen MR) is 84.0 cm³/mol. The lowest BCUT2D eigenvalue weighted by Crippen LogP contribution is -2.17. The molecule has 106 valence electrons. The van der Waals surface area contributed by atoms with Crippen LogP contribution in [-0.4, -0.2) is 20.5 Å². The highest BCUT2D eigenvalue weighted by Crippen LogP contribution is 2.14. The number of H-pyrrole nitrogens is 1. The average molecular weight is 289 g/mol. The number of benzene rings is 1. The molecule has 1 heterocycles. The van der Waals surface area contributed by atoms with Gasteiger partial charge in [0.2, 0.25) is 0 Å². The number of nitrogens with zero attached hydrogens (tertiary/aromatic N) is 2. The van der Waals surface area contributed by atoms with Crippen LogP contribution in [0, 0.1) is 0 Å². The third-order valence-corrected chi connectivity index (χ3v) is 3.81. The van der Waals surface area contributed by atoms with Gasteiger partial charge in [0.15, 0.2) is 5.16 Å². The number of rotatable bonds is 7. The third kappa shape index (κ3) is 4.13. The lowest BCUT2D eigenvalue weighted by Gasteiger charge is -2.02. The van der Waals surface area contributed by atoms with Gasteiger partial charge in [-0.1, -0.05) is 67.6 Å². The molecular formula is C15H19N3OS. The Kier molecular flexibility index (Phi) is 5.68. The van der Waals surface area contributed by atoms with Gasteiger partial charge in [0, 0.05) is 12.3 Å². The van der Waals surface area contributed by atoms with E-state index in [0.29, 0.717) is 0 Å². The van der Waals surface area contributed by atoms with Crippen LogP contribution in [0.4, 0.5) is 0 Å². The minimum Gasteiger partial charge on any atom is -0.270 e. The molecule has 2 aromatic rings. The smallest absolute Gasteiger partial charge is 0.270 e. The topological polar surface area (TPSA) is 50.7 Å². The summed E-state index contributed by atoms with van der Waals surface area (Å²) in [7, 11) is 0. The molecule has 1 aromatic heterocycles. The fraction of sp³-hybridized carbons (Fsp3) is 0.333. The number of thioether (sulfide) groups is 1. The zero-order valence-corrected chi connectivity index (χ0v) is 12.4. The molecule has 0 fully saturated rings. The van der Waals surface area contributed by atoms with Gasteiger partial charge in [-0.2, -0.15) is 0 Å². The summed E-state index contributed by atoms with van der Waals surface area (Å²) in [5.41, 5.74) is 1.06. The fourth-order valence-corrected chi connectivity index (χ4v) is 2.58. The minimum absolute atomic E-state index is 0.118. The van der Waals surface area contributed by atoms with Gasteiger partial charge in [-0.25, -0.2) is 9.89 Å². The highest BCUT2D eigenvalue weighted by atomic mass is 32.2. The number of hydrogen-bond acceptors (Lipinski definition) is 3. The number of unbranched alkanes of at least 4 members (excludes halogenated alkanes) is 1. The van der Waals surface area contributed by atoms with Gasteiger partial charge in [-0.3, -0.25) is 4.57 Å². The molecule has 5 heteroatoms. The first kappa shape index (κ1) is 14.7. The van der Waals surface area contributed by atoms with Crippen LogP contribution in [0.3, 0.4) is 0 Å². The SMILES string of the molecule is CCCCn1c(SC/C=C/c2ccccc2)n[nH]c1=O. The fourth-order valence-electron chi connectivity index (χ4n) is 1.80. The van der Waals surface area contributed by atoms with E-state index in [4.69, 9.17) is 0 Å². The summed E-state index contributed by atoms with van der Waals surface area (Å²) < 4.78 is 1.71. The van der Waals surface area contributed by atoms with E-state index in [9.17, 15) is 4.79 Å². The number of hydrogen-bond donors (Lipinski definition) is 1. The van der Waals surface area contributed by atoms with Crippen molar-refractivity contribution in [1.82, 2.24) is 14.8 Å². The van der Waals surface area contributed by atoms with Crippen molar-refractivity contribution < 1.29 is 0 Å². The highest BCUT2D eigenvalue weighted by Gasteiger charge is 2.06. The van der Waals surface area contributed by atoms with Gasteiger partial charge in [-0.15, -0.1) is 5.10 Å². The average Bonchev–Trinajstić information content (AvgIpc) is 2.83. The second-order valence-corrected chi connectivity index (χ2v) is 5.43. The Hall–Kier alpha value is -1.75. The molecule has 4 nitrogen and oxygen atoms in total. The van der Waals surface area contributed by atoms with E-state index < -0.39 is 0 Å². The van der Waals surface area contributed by atoms with Crippen LogP contribution in [0.15, 0.2) is 46.4 Å². The van der Waals surface area contributed by atoms with Crippen molar-refractivity contribution >= 4 is 17.8 Å². The molecule has 0 spiro atoms. The first-order valence-corrected chi connectivity index (χ1v) is 7.79. The van der Waals surface area contributed by atoms with Crippen LogP contribution in [0.1, 0.15) is 25.3 Å². The maximum Gasteiger partial charge on any atom is 0.343 e. The Bertz CT molecular complexity index is 601. The molecule has 1 aromatic carbocycles. The molecule has 0 aliphatic rings. The molecule has 0 atom stereocenters. The van der Waals surface area contributed by atoms with Crippen LogP contribution < -0.4 is 5.69 Å². The lowest BCUT2D eigenvalue weighted by molar-refractivity contribution is 0.573. The van der Waals surface area contributed by atoms with Crippen molar-refractivity contribution in [2.45, 2.75) is 31.5 Å². The van der Waals surface area contributed by atoms with Crippen LogP contribution in [0.5, 0.6) is 0 Å². The summed E-state index contributed by atoms with van der Waals surface area (Å²) in [5.74, 6) is 0.797. The molecular weight excluding hydrogens is 270 g/mol. The molecule has 20 heavy (non-hydrogen) atoms. The van der Waals surface area contributed by atoms with Gasteiger partial charge < -0.3 is 0 Å². The highest BCUT2D eigenvalue weighted by molar-refractivity contribution is 7.99. The van der Waals surface area contributed by atoms with Crippen molar-refractivity contribution in [2.75, 3.05) is 5.75 Å². The van der Waals surface area contributed by atoms with E-state index in [1.165, 1.54) is 5.56 Å². The van der Waals surface area contributed by atoms with Gasteiger partial charge in [0.25, 0.3) is 0 Å². The first-order valence-electron chi connectivity index (χ1n) is 6.81. The van der Waals surface area contributed by atoms with Crippen molar-refractivity contribution in [3.8, 4) is 0 Å². The van der Waals surface area contributed by atoms with E-state index in [1.807, 2.05) is 18.2 Å². The third-order valence-electron chi connectivity index (χ3n) is 2.88. The molecule has 0 bridgehead atoms. The van der Waals surface area contributed by atoms with E-state index in [1.54, 1.807) is 16.3 Å². The van der Waals surface area contributed by atoms with Crippen LogP contribution >= 0.6 is 11.8 Å². The Morgan fingerprint density at radius 3 is 2.90 bits per heavy atom. The molecule has 2 rings (SSSR count). The van der Waals surface area contributed by atoms with Gasteiger partial charge in [-0.05, 0) is 12.0 Å². The lowest BCUT2D eigenvalue weighted by atomic mass is 10.2. The summed E-state index contributed by atoms with van der Waals surface area (Å²) in [6.07, 6.45) is 6.22. The molecule has 0 radical (unpaired) electrons. The van der Waals surface area contributed by atoms with Crippen molar-refractivity contribution in [1.29, 1.82) is 0 Å². The molecule has 1 N–H and O–H groups in total. The van der Waals surface area contributed by atoms with Crippen LogP contribution in [0.2, 0.25) is 0 Å². The van der Waals surface area contributed by atoms with Gasteiger partial charge >= 0.3 is 5.69 Å². The summed E-state index contributed by atoms with van der Waals surface area (Å²) in [6.45, 7) is 2.84. The van der Waals surface area contributed by atoms with Gasteiger partial charge in [0.1, 0.15) is 0 Å². The predicted octanol–water partition coefficient (Wildman–Crippen LogP) is 3.18. The quantitative estimate of drug-likeness (QED) is 0.796. The number of nitrogens with one attached hydrogen (secondary N) is 1. The largest absolute Gasteiger partial charge is 0.343 e. The Morgan fingerprint density at radius 2 is 2.15 bits per heavy atom. The maximum absolute atomic E-state index is 11.6. The molecule has 0 saturated carbocycles. The maximum atomic E-state index is 11.6. The molecule has 0 amide bonds. The molecule has 0 aliphatic carbocycles. The van der Waals surface area contributed by atoms with Gasteiger partial charge in [0.05, 0.1) is 0 Å². The van der Waals surface area contributed by atoms with Crippen molar-refractivity contribution in [3.63, 3.8) is 0 Å². The Balaban J connectivity index is 1.91. The summed E-state index contributed by atoms with van der Waals surface area (Å²) in [6, 6.07) is 10.2. The van der Waals surface area contributed by atoms with E-state index >= 15 is 0 Å². The van der Waals surface area contributed by atoms with Crippen LogP contribution in [0.25, 0.3) is 6.08 Å². The Morgan fingerprint density at radius 1 is 1.35 bits per heavy atom. The normalized spacial score (nSPS) is 11.2. The summed E-state index contributed by atoms with van der Waals surface area (Å²) >= 11 is 1.57. The molecule has 0 aliphatic heterocycles.